The summed E-state index contributed by atoms with van der Waals surface area (Å²) >= 11 is 0. The summed E-state index contributed by atoms with van der Waals surface area (Å²) in [4.78, 5) is 47.7. The summed E-state index contributed by atoms with van der Waals surface area (Å²) in [5, 5.41) is 2.27. The topological polar surface area (TPSA) is 111 Å². The number of amides is 2. The monoisotopic (exact) mass is 346 g/mol. The highest BCUT2D eigenvalue weighted by Crippen LogP contribution is 2.06. The Kier molecular flexibility index (Phi) is 9.44. The molecule has 2 amide bonds. The van der Waals surface area contributed by atoms with Crippen molar-refractivity contribution < 1.29 is 33.4 Å². The van der Waals surface area contributed by atoms with Crippen molar-refractivity contribution in [1.29, 1.82) is 0 Å². The van der Waals surface area contributed by atoms with Crippen LogP contribution in [-0.4, -0.2) is 67.3 Å². The first kappa shape index (κ1) is 21.7. The smallest absolute Gasteiger partial charge is 0.408 e. The molecule has 0 heterocycles. The number of carbonyl (C=O) groups is 4. The van der Waals surface area contributed by atoms with Crippen molar-refractivity contribution in [3.8, 4) is 0 Å². The van der Waals surface area contributed by atoms with E-state index in [0.29, 0.717) is 0 Å². The highest BCUT2D eigenvalue weighted by Gasteiger charge is 2.23. The summed E-state index contributed by atoms with van der Waals surface area (Å²) < 4.78 is 14.5. The molecule has 138 valence electrons. The van der Waals surface area contributed by atoms with Crippen molar-refractivity contribution >= 4 is 23.9 Å². The van der Waals surface area contributed by atoms with Gasteiger partial charge in [-0.1, -0.05) is 0 Å². The quantitative estimate of drug-likeness (QED) is 0.502. The minimum absolute atomic E-state index is 0.149. The van der Waals surface area contributed by atoms with Crippen LogP contribution in [0.25, 0.3) is 0 Å². The van der Waals surface area contributed by atoms with E-state index < -0.39 is 49.2 Å². The SMILES string of the molecule is CCOC(=O)CN(CC(=O)OCC)C(=O)CNC(=O)OC(C)(C)C. The summed E-state index contributed by atoms with van der Waals surface area (Å²) in [7, 11) is 0. The van der Waals surface area contributed by atoms with Gasteiger partial charge in [0.2, 0.25) is 5.91 Å². The fraction of sp³-hybridized carbons (Fsp3) is 0.733. The average Bonchev–Trinajstić information content (AvgIpc) is 2.42. The molecule has 0 fully saturated rings. The number of hydrogen-bond acceptors (Lipinski definition) is 7. The molecule has 24 heavy (non-hydrogen) atoms. The molecule has 0 unspecified atom stereocenters. The van der Waals surface area contributed by atoms with Crippen LogP contribution in [0.2, 0.25) is 0 Å². The molecule has 0 aliphatic heterocycles. The van der Waals surface area contributed by atoms with Crippen molar-refractivity contribution in [2.24, 2.45) is 0 Å². The van der Waals surface area contributed by atoms with E-state index in [0.717, 1.165) is 4.90 Å². The Bertz CT molecular complexity index is 437. The molecule has 0 aliphatic carbocycles. The molecule has 0 aliphatic rings. The molecule has 0 rings (SSSR count). The third-order valence-corrected chi connectivity index (χ3v) is 2.39. The van der Waals surface area contributed by atoms with Crippen molar-refractivity contribution in [3.63, 3.8) is 0 Å². The lowest BCUT2D eigenvalue weighted by atomic mass is 10.2. The first-order chi connectivity index (χ1) is 11.1. The summed E-state index contributed by atoms with van der Waals surface area (Å²) in [6.07, 6.45) is -0.775. The summed E-state index contributed by atoms with van der Waals surface area (Å²) in [5.41, 5.74) is -0.706. The van der Waals surface area contributed by atoms with E-state index in [9.17, 15) is 19.2 Å². The minimum Gasteiger partial charge on any atom is -0.465 e. The van der Waals surface area contributed by atoms with Gasteiger partial charge in [-0.15, -0.1) is 0 Å². The van der Waals surface area contributed by atoms with Gasteiger partial charge < -0.3 is 24.4 Å². The molecule has 0 bridgehead atoms. The highest BCUT2D eigenvalue weighted by molar-refractivity contribution is 5.88. The van der Waals surface area contributed by atoms with E-state index in [1.807, 2.05) is 0 Å². The molecule has 0 atom stereocenters. The van der Waals surface area contributed by atoms with E-state index in [-0.39, 0.29) is 13.2 Å². The Hall–Kier alpha value is -2.32. The molecular weight excluding hydrogens is 320 g/mol. The second-order valence-corrected chi connectivity index (χ2v) is 5.72. The van der Waals surface area contributed by atoms with Crippen LogP contribution in [0.3, 0.4) is 0 Å². The molecule has 0 saturated heterocycles. The number of hydrogen-bond donors (Lipinski definition) is 1. The van der Waals surface area contributed by atoms with Crippen molar-refractivity contribution in [2.45, 2.75) is 40.2 Å². The number of rotatable bonds is 8. The number of esters is 2. The molecule has 0 radical (unpaired) electrons. The van der Waals surface area contributed by atoms with Gasteiger partial charge in [0.15, 0.2) is 0 Å². The van der Waals surface area contributed by atoms with E-state index in [1.165, 1.54) is 0 Å². The van der Waals surface area contributed by atoms with Crippen molar-refractivity contribution in [1.82, 2.24) is 10.2 Å². The predicted octanol–water partition coefficient (Wildman–Crippen LogP) is 0.466. The van der Waals surface area contributed by atoms with Gasteiger partial charge in [-0.3, -0.25) is 14.4 Å². The normalized spacial score (nSPS) is 10.5. The van der Waals surface area contributed by atoms with Gasteiger partial charge in [0.05, 0.1) is 13.2 Å². The fourth-order valence-corrected chi connectivity index (χ4v) is 1.53. The largest absolute Gasteiger partial charge is 0.465 e. The summed E-state index contributed by atoms with van der Waals surface area (Å²) in [6.45, 7) is 7.34. The van der Waals surface area contributed by atoms with Crippen molar-refractivity contribution in [3.05, 3.63) is 0 Å². The molecule has 0 spiro atoms. The standard InChI is InChI=1S/C15H26N2O7/c1-6-22-12(19)9-17(10-13(20)23-7-2)11(18)8-16-14(21)24-15(3,4)5/h6-10H2,1-5H3,(H,16,21). The van der Waals surface area contributed by atoms with Gasteiger partial charge in [0.25, 0.3) is 0 Å². The van der Waals surface area contributed by atoms with Gasteiger partial charge in [0, 0.05) is 0 Å². The van der Waals surface area contributed by atoms with E-state index in [1.54, 1.807) is 34.6 Å². The van der Waals surface area contributed by atoms with Gasteiger partial charge in [-0.25, -0.2) is 4.79 Å². The molecule has 0 saturated carbocycles. The summed E-state index contributed by atoms with van der Waals surface area (Å²) in [5.74, 6) is -1.96. The second-order valence-electron chi connectivity index (χ2n) is 5.72. The van der Waals surface area contributed by atoms with Crippen LogP contribution in [0.5, 0.6) is 0 Å². The lowest BCUT2D eigenvalue weighted by Crippen LogP contribution is -2.46. The zero-order chi connectivity index (χ0) is 18.8. The molecule has 9 heteroatoms. The van der Waals surface area contributed by atoms with Gasteiger partial charge in [0.1, 0.15) is 25.2 Å². The second kappa shape index (κ2) is 10.5. The van der Waals surface area contributed by atoms with Crippen LogP contribution in [0.15, 0.2) is 0 Å². The number of nitrogens with zero attached hydrogens (tertiary/aromatic N) is 1. The molecule has 9 nitrogen and oxygen atoms in total. The van der Waals surface area contributed by atoms with E-state index in [4.69, 9.17) is 14.2 Å². The molecule has 0 aromatic carbocycles. The maximum atomic E-state index is 12.1. The first-order valence-electron chi connectivity index (χ1n) is 7.64. The Labute approximate surface area is 141 Å². The van der Waals surface area contributed by atoms with Crippen LogP contribution in [0, 0.1) is 0 Å². The maximum Gasteiger partial charge on any atom is 0.408 e. The highest BCUT2D eigenvalue weighted by atomic mass is 16.6. The van der Waals surface area contributed by atoms with Crippen LogP contribution >= 0.6 is 0 Å². The summed E-state index contributed by atoms with van der Waals surface area (Å²) in [6, 6.07) is 0. The fourth-order valence-electron chi connectivity index (χ4n) is 1.53. The third-order valence-electron chi connectivity index (χ3n) is 2.39. The Morgan fingerprint density at radius 3 is 1.75 bits per heavy atom. The van der Waals surface area contributed by atoms with Crippen LogP contribution in [0.1, 0.15) is 34.6 Å². The van der Waals surface area contributed by atoms with Gasteiger partial charge in [-0.05, 0) is 34.6 Å². The number of nitrogens with one attached hydrogen (secondary N) is 1. The Morgan fingerprint density at radius 1 is 0.917 bits per heavy atom. The van der Waals surface area contributed by atoms with Crippen LogP contribution < -0.4 is 5.32 Å². The van der Waals surface area contributed by atoms with E-state index in [2.05, 4.69) is 5.32 Å². The van der Waals surface area contributed by atoms with Crippen LogP contribution in [0.4, 0.5) is 4.79 Å². The molecular formula is C15H26N2O7. The lowest BCUT2D eigenvalue weighted by Gasteiger charge is -2.22. The Balaban J connectivity index is 4.68. The average molecular weight is 346 g/mol. The van der Waals surface area contributed by atoms with Crippen molar-refractivity contribution in [2.75, 3.05) is 32.8 Å². The predicted molar refractivity (Wildman–Crippen MR) is 84.1 cm³/mol. The zero-order valence-corrected chi connectivity index (χ0v) is 14.8. The van der Waals surface area contributed by atoms with Crippen LogP contribution in [-0.2, 0) is 28.6 Å². The molecule has 0 aromatic heterocycles. The number of alkyl carbamates (subject to hydrolysis) is 1. The lowest BCUT2D eigenvalue weighted by molar-refractivity contribution is -0.153. The van der Waals surface area contributed by atoms with E-state index >= 15 is 0 Å². The zero-order valence-electron chi connectivity index (χ0n) is 14.8. The minimum atomic E-state index is -0.775. The third kappa shape index (κ3) is 10.4. The number of carbonyl (C=O) groups excluding carboxylic acids is 4. The number of ether oxygens (including phenoxy) is 3. The molecule has 1 N–H and O–H groups in total. The van der Waals surface area contributed by atoms with Gasteiger partial charge in [-0.2, -0.15) is 0 Å². The van der Waals surface area contributed by atoms with Gasteiger partial charge >= 0.3 is 18.0 Å². The Morgan fingerprint density at radius 2 is 1.38 bits per heavy atom. The maximum absolute atomic E-state index is 12.1. The first-order valence-corrected chi connectivity index (χ1v) is 7.64. The molecule has 0 aromatic rings.